The molecule has 22 heavy (non-hydrogen) atoms. The van der Waals surface area contributed by atoms with Gasteiger partial charge in [0, 0.05) is 19.6 Å². The Morgan fingerprint density at radius 2 is 2.14 bits per heavy atom. The first-order valence-corrected chi connectivity index (χ1v) is 7.18. The highest BCUT2D eigenvalue weighted by Gasteiger charge is 2.23. The SMILES string of the molecule is CC(N)C(=O)NCC(c1cccc(F)c1)N1CCOCC1.Cl. The monoisotopic (exact) mass is 331 g/mol. The fourth-order valence-corrected chi connectivity index (χ4v) is 2.42. The number of amides is 1. The predicted octanol–water partition coefficient (Wildman–Crippen LogP) is 1.08. The van der Waals surface area contributed by atoms with Gasteiger partial charge in [-0.2, -0.15) is 0 Å². The summed E-state index contributed by atoms with van der Waals surface area (Å²) >= 11 is 0. The number of hydrogen-bond donors (Lipinski definition) is 2. The molecule has 1 aliphatic heterocycles. The van der Waals surface area contributed by atoms with Crippen LogP contribution in [0.5, 0.6) is 0 Å². The summed E-state index contributed by atoms with van der Waals surface area (Å²) in [6.45, 7) is 4.86. The van der Waals surface area contributed by atoms with Crippen LogP contribution in [0.4, 0.5) is 4.39 Å². The Balaban J connectivity index is 0.00000242. The van der Waals surface area contributed by atoms with Crippen LogP contribution in [0.3, 0.4) is 0 Å². The number of morpholine rings is 1. The second-order valence-corrected chi connectivity index (χ2v) is 5.25. The predicted molar refractivity (Wildman–Crippen MR) is 85.4 cm³/mol. The minimum Gasteiger partial charge on any atom is -0.379 e. The van der Waals surface area contributed by atoms with Gasteiger partial charge in [0.05, 0.1) is 25.3 Å². The van der Waals surface area contributed by atoms with Crippen molar-refractivity contribution in [3.8, 4) is 0 Å². The lowest BCUT2D eigenvalue weighted by atomic mass is 10.0. The van der Waals surface area contributed by atoms with Crippen LogP contribution in [0.15, 0.2) is 24.3 Å². The quantitative estimate of drug-likeness (QED) is 0.847. The van der Waals surface area contributed by atoms with E-state index in [1.807, 2.05) is 6.07 Å². The maximum atomic E-state index is 13.5. The molecule has 7 heteroatoms. The fourth-order valence-electron chi connectivity index (χ4n) is 2.42. The van der Waals surface area contributed by atoms with Gasteiger partial charge in [0.25, 0.3) is 0 Å². The standard InChI is InChI=1S/C15H22FN3O2.ClH/c1-11(17)15(20)18-10-14(19-5-7-21-8-6-19)12-3-2-4-13(16)9-12;/h2-4,9,11,14H,5-8,10,17H2,1H3,(H,18,20);1H. The van der Waals surface area contributed by atoms with E-state index in [9.17, 15) is 9.18 Å². The molecule has 1 heterocycles. The van der Waals surface area contributed by atoms with Crippen LogP contribution in [0.1, 0.15) is 18.5 Å². The van der Waals surface area contributed by atoms with Gasteiger partial charge in [-0.25, -0.2) is 4.39 Å². The van der Waals surface area contributed by atoms with Crippen molar-refractivity contribution in [3.05, 3.63) is 35.6 Å². The zero-order valence-electron chi connectivity index (χ0n) is 12.6. The van der Waals surface area contributed by atoms with Gasteiger partial charge in [-0.1, -0.05) is 12.1 Å². The summed E-state index contributed by atoms with van der Waals surface area (Å²) in [6, 6.07) is 5.86. The van der Waals surface area contributed by atoms with Crippen LogP contribution < -0.4 is 11.1 Å². The molecule has 1 aliphatic rings. The molecule has 1 saturated heterocycles. The summed E-state index contributed by atoms with van der Waals surface area (Å²) < 4.78 is 18.8. The van der Waals surface area contributed by atoms with Gasteiger partial charge in [-0.15, -0.1) is 12.4 Å². The van der Waals surface area contributed by atoms with Crippen LogP contribution in [0, 0.1) is 5.82 Å². The number of nitrogens with two attached hydrogens (primary N) is 1. The highest BCUT2D eigenvalue weighted by molar-refractivity contribution is 5.85. The van der Waals surface area contributed by atoms with Gasteiger partial charge in [-0.05, 0) is 24.6 Å². The van der Waals surface area contributed by atoms with Gasteiger partial charge >= 0.3 is 0 Å². The average Bonchev–Trinajstić information content (AvgIpc) is 2.48. The van der Waals surface area contributed by atoms with E-state index in [1.165, 1.54) is 12.1 Å². The Morgan fingerprint density at radius 3 is 2.73 bits per heavy atom. The smallest absolute Gasteiger partial charge is 0.236 e. The number of hydrogen-bond acceptors (Lipinski definition) is 4. The van der Waals surface area contributed by atoms with Crippen molar-refractivity contribution in [1.29, 1.82) is 0 Å². The summed E-state index contributed by atoms with van der Waals surface area (Å²) in [7, 11) is 0. The van der Waals surface area contributed by atoms with E-state index in [1.54, 1.807) is 13.0 Å². The fraction of sp³-hybridized carbons (Fsp3) is 0.533. The van der Waals surface area contributed by atoms with Crippen LogP contribution in [0.25, 0.3) is 0 Å². The number of nitrogens with one attached hydrogen (secondary N) is 1. The van der Waals surface area contributed by atoms with E-state index in [2.05, 4.69) is 10.2 Å². The maximum absolute atomic E-state index is 13.5. The van der Waals surface area contributed by atoms with Crippen LogP contribution >= 0.6 is 12.4 Å². The van der Waals surface area contributed by atoms with Crippen molar-refractivity contribution in [1.82, 2.24) is 10.2 Å². The zero-order valence-corrected chi connectivity index (χ0v) is 13.4. The number of nitrogens with zero attached hydrogens (tertiary/aromatic N) is 1. The van der Waals surface area contributed by atoms with Gasteiger partial charge in [0.15, 0.2) is 0 Å². The van der Waals surface area contributed by atoms with Gasteiger partial charge in [-0.3, -0.25) is 9.69 Å². The molecular weight excluding hydrogens is 309 g/mol. The summed E-state index contributed by atoms with van der Waals surface area (Å²) in [5.74, 6) is -0.478. The zero-order chi connectivity index (χ0) is 15.2. The van der Waals surface area contributed by atoms with Crippen molar-refractivity contribution in [3.63, 3.8) is 0 Å². The first kappa shape index (κ1) is 18.8. The number of carbonyl (C=O) groups is 1. The van der Waals surface area contributed by atoms with E-state index in [0.717, 1.165) is 18.7 Å². The molecular formula is C15H23ClFN3O2. The molecule has 0 saturated carbocycles. The third-order valence-corrected chi connectivity index (χ3v) is 3.60. The van der Waals surface area contributed by atoms with Crippen molar-refractivity contribution >= 4 is 18.3 Å². The molecule has 124 valence electrons. The normalized spacial score (nSPS) is 18.1. The Hall–Kier alpha value is -1.21. The van der Waals surface area contributed by atoms with Crippen LogP contribution in [-0.4, -0.2) is 49.7 Å². The third kappa shape index (κ3) is 5.21. The van der Waals surface area contributed by atoms with Crippen molar-refractivity contribution in [2.45, 2.75) is 19.0 Å². The van der Waals surface area contributed by atoms with Crippen molar-refractivity contribution in [2.75, 3.05) is 32.8 Å². The first-order chi connectivity index (χ1) is 10.1. The topological polar surface area (TPSA) is 67.6 Å². The Kier molecular flexibility index (Phi) is 7.75. The molecule has 1 aromatic rings. The molecule has 0 aliphatic carbocycles. The molecule has 0 radical (unpaired) electrons. The average molecular weight is 332 g/mol. The molecule has 0 spiro atoms. The van der Waals surface area contributed by atoms with E-state index in [4.69, 9.17) is 10.5 Å². The highest BCUT2D eigenvalue weighted by Crippen LogP contribution is 2.22. The highest BCUT2D eigenvalue weighted by atomic mass is 35.5. The lowest BCUT2D eigenvalue weighted by Crippen LogP contribution is -2.46. The summed E-state index contributed by atoms with van der Waals surface area (Å²) in [4.78, 5) is 13.9. The molecule has 0 aromatic heterocycles. The molecule has 1 aromatic carbocycles. The summed E-state index contributed by atoms with van der Waals surface area (Å²) in [6.07, 6.45) is 0. The molecule has 5 nitrogen and oxygen atoms in total. The van der Waals surface area contributed by atoms with Crippen molar-refractivity contribution in [2.24, 2.45) is 5.73 Å². The molecule has 0 bridgehead atoms. The molecule has 3 N–H and O–H groups in total. The van der Waals surface area contributed by atoms with E-state index < -0.39 is 6.04 Å². The lowest BCUT2D eigenvalue weighted by Gasteiger charge is -2.35. The number of benzene rings is 1. The minimum atomic E-state index is -0.553. The summed E-state index contributed by atoms with van der Waals surface area (Å²) in [5.41, 5.74) is 6.41. The first-order valence-electron chi connectivity index (χ1n) is 7.18. The Morgan fingerprint density at radius 1 is 1.45 bits per heavy atom. The molecule has 2 atom stereocenters. The Labute approximate surface area is 136 Å². The van der Waals surface area contributed by atoms with Crippen LogP contribution in [-0.2, 0) is 9.53 Å². The molecule has 2 unspecified atom stereocenters. The minimum absolute atomic E-state index is 0. The largest absolute Gasteiger partial charge is 0.379 e. The van der Waals surface area contributed by atoms with E-state index >= 15 is 0 Å². The third-order valence-electron chi connectivity index (χ3n) is 3.60. The molecule has 2 rings (SSSR count). The maximum Gasteiger partial charge on any atom is 0.236 e. The number of halogens is 2. The van der Waals surface area contributed by atoms with Gasteiger partial charge in [0.2, 0.25) is 5.91 Å². The van der Waals surface area contributed by atoms with Gasteiger partial charge < -0.3 is 15.8 Å². The molecule has 1 amide bonds. The second kappa shape index (κ2) is 9.05. The molecule has 1 fully saturated rings. The van der Waals surface area contributed by atoms with Crippen molar-refractivity contribution < 1.29 is 13.9 Å². The number of ether oxygens (including phenoxy) is 1. The summed E-state index contributed by atoms with van der Waals surface area (Å²) in [5, 5.41) is 2.83. The number of carbonyl (C=O) groups excluding carboxylic acids is 1. The van der Waals surface area contributed by atoms with Crippen LogP contribution in [0.2, 0.25) is 0 Å². The second-order valence-electron chi connectivity index (χ2n) is 5.25. The van der Waals surface area contributed by atoms with Gasteiger partial charge in [0.1, 0.15) is 5.82 Å². The number of rotatable bonds is 5. The lowest BCUT2D eigenvalue weighted by molar-refractivity contribution is -0.122. The Bertz CT molecular complexity index is 482. The van der Waals surface area contributed by atoms with E-state index in [0.29, 0.717) is 19.8 Å². The van der Waals surface area contributed by atoms with E-state index in [-0.39, 0.29) is 30.2 Å².